The summed E-state index contributed by atoms with van der Waals surface area (Å²) in [4.78, 5) is 15.5. The van der Waals surface area contributed by atoms with E-state index in [1.807, 2.05) is 38.0 Å². The second-order valence-electron chi connectivity index (χ2n) is 5.05. The van der Waals surface area contributed by atoms with Crippen molar-refractivity contribution in [1.29, 1.82) is 0 Å². The fourth-order valence-corrected chi connectivity index (χ4v) is 2.07. The highest BCUT2D eigenvalue weighted by Gasteiger charge is 2.19. The summed E-state index contributed by atoms with van der Waals surface area (Å²) in [6.45, 7) is 2.00. The van der Waals surface area contributed by atoms with Crippen molar-refractivity contribution in [2.75, 3.05) is 67.2 Å². The molecule has 0 fully saturated rings. The standard InChI is InChI=1S/C11H26N4O3S/c1-13(2)7-6-12-11(16)10-15(19(5,17)18)9-8-14(3)4/h6-10H2,1-5H3,(H,12,16). The number of amides is 1. The summed E-state index contributed by atoms with van der Waals surface area (Å²) >= 11 is 0. The maximum absolute atomic E-state index is 11.7. The third-order valence-electron chi connectivity index (χ3n) is 2.47. The molecular weight excluding hydrogens is 268 g/mol. The Morgan fingerprint density at radius 2 is 1.53 bits per heavy atom. The summed E-state index contributed by atoms with van der Waals surface area (Å²) in [5.74, 6) is -0.272. The van der Waals surface area contributed by atoms with E-state index < -0.39 is 10.0 Å². The van der Waals surface area contributed by atoms with Crippen LogP contribution in [0.25, 0.3) is 0 Å². The quantitative estimate of drug-likeness (QED) is 0.559. The average Bonchev–Trinajstić information content (AvgIpc) is 2.21. The fraction of sp³-hybridized carbons (Fsp3) is 0.909. The molecule has 0 saturated heterocycles. The lowest BCUT2D eigenvalue weighted by Gasteiger charge is -2.21. The number of hydrogen-bond donors (Lipinski definition) is 1. The van der Waals surface area contributed by atoms with Gasteiger partial charge in [-0.1, -0.05) is 0 Å². The summed E-state index contributed by atoms with van der Waals surface area (Å²) < 4.78 is 24.4. The predicted octanol–water partition coefficient (Wildman–Crippen LogP) is -1.51. The van der Waals surface area contributed by atoms with Crippen molar-refractivity contribution in [2.45, 2.75) is 0 Å². The van der Waals surface area contributed by atoms with Crippen molar-refractivity contribution in [3.05, 3.63) is 0 Å². The molecule has 0 aromatic heterocycles. The zero-order chi connectivity index (χ0) is 15.1. The van der Waals surface area contributed by atoms with Gasteiger partial charge in [0.1, 0.15) is 0 Å². The summed E-state index contributed by atoms with van der Waals surface area (Å²) in [6.07, 6.45) is 1.12. The molecule has 1 amide bonds. The molecule has 0 radical (unpaired) electrons. The summed E-state index contributed by atoms with van der Waals surface area (Å²) in [5.41, 5.74) is 0. The number of carbonyl (C=O) groups is 1. The van der Waals surface area contributed by atoms with Gasteiger partial charge in [0.05, 0.1) is 12.8 Å². The molecule has 0 unspecified atom stereocenters. The van der Waals surface area contributed by atoms with Gasteiger partial charge < -0.3 is 15.1 Å². The Labute approximate surface area is 116 Å². The molecule has 0 aromatic rings. The zero-order valence-electron chi connectivity index (χ0n) is 12.5. The Morgan fingerprint density at radius 3 is 1.95 bits per heavy atom. The van der Waals surface area contributed by atoms with Gasteiger partial charge in [0.25, 0.3) is 0 Å². The minimum Gasteiger partial charge on any atom is -0.354 e. The van der Waals surface area contributed by atoms with Crippen LogP contribution in [0.5, 0.6) is 0 Å². The van der Waals surface area contributed by atoms with Crippen molar-refractivity contribution < 1.29 is 13.2 Å². The van der Waals surface area contributed by atoms with Crippen LogP contribution in [0.4, 0.5) is 0 Å². The van der Waals surface area contributed by atoms with Crippen LogP contribution >= 0.6 is 0 Å². The monoisotopic (exact) mass is 294 g/mol. The van der Waals surface area contributed by atoms with Crippen LogP contribution in [0, 0.1) is 0 Å². The molecule has 0 aliphatic heterocycles. The highest BCUT2D eigenvalue weighted by atomic mass is 32.2. The maximum Gasteiger partial charge on any atom is 0.235 e. The van der Waals surface area contributed by atoms with Crippen molar-refractivity contribution in [3.8, 4) is 0 Å². The van der Waals surface area contributed by atoms with Crippen molar-refractivity contribution in [1.82, 2.24) is 19.4 Å². The lowest BCUT2D eigenvalue weighted by atomic mass is 10.5. The average molecular weight is 294 g/mol. The zero-order valence-corrected chi connectivity index (χ0v) is 13.3. The molecule has 0 aliphatic carbocycles. The SMILES string of the molecule is CN(C)CCNC(=O)CN(CCN(C)C)S(C)(=O)=O. The van der Waals surface area contributed by atoms with Crippen LogP contribution in [0.15, 0.2) is 0 Å². The first-order chi connectivity index (χ1) is 8.62. The van der Waals surface area contributed by atoms with Gasteiger partial charge in [-0.15, -0.1) is 0 Å². The van der Waals surface area contributed by atoms with Crippen LogP contribution in [0.2, 0.25) is 0 Å². The Balaban J connectivity index is 4.28. The van der Waals surface area contributed by atoms with E-state index in [0.717, 1.165) is 12.8 Å². The normalized spacial score (nSPS) is 12.4. The molecule has 114 valence electrons. The number of carbonyl (C=O) groups excluding carboxylic acids is 1. The van der Waals surface area contributed by atoms with E-state index in [4.69, 9.17) is 0 Å². The second-order valence-corrected chi connectivity index (χ2v) is 7.04. The molecule has 1 N–H and O–H groups in total. The molecule has 0 rings (SSSR count). The van der Waals surface area contributed by atoms with Crippen molar-refractivity contribution in [2.24, 2.45) is 0 Å². The molecule has 0 bridgehead atoms. The molecule has 0 aromatic carbocycles. The Morgan fingerprint density at radius 1 is 1.00 bits per heavy atom. The minimum atomic E-state index is -3.36. The van der Waals surface area contributed by atoms with E-state index in [2.05, 4.69) is 5.32 Å². The first-order valence-corrected chi connectivity index (χ1v) is 7.99. The fourth-order valence-electron chi connectivity index (χ4n) is 1.31. The van der Waals surface area contributed by atoms with Gasteiger partial charge in [0, 0.05) is 26.2 Å². The molecule has 0 saturated carbocycles. The lowest BCUT2D eigenvalue weighted by Crippen LogP contribution is -2.44. The highest BCUT2D eigenvalue weighted by molar-refractivity contribution is 7.88. The van der Waals surface area contributed by atoms with E-state index in [1.165, 1.54) is 4.31 Å². The lowest BCUT2D eigenvalue weighted by molar-refractivity contribution is -0.121. The van der Waals surface area contributed by atoms with E-state index in [-0.39, 0.29) is 12.5 Å². The van der Waals surface area contributed by atoms with E-state index in [0.29, 0.717) is 19.6 Å². The summed E-state index contributed by atoms with van der Waals surface area (Å²) in [7, 11) is 4.17. The van der Waals surface area contributed by atoms with Gasteiger partial charge in [-0.2, -0.15) is 4.31 Å². The molecule has 8 heteroatoms. The first kappa shape index (κ1) is 18.3. The van der Waals surface area contributed by atoms with Gasteiger partial charge in [-0.25, -0.2) is 8.42 Å². The topological polar surface area (TPSA) is 73.0 Å². The number of hydrogen-bond acceptors (Lipinski definition) is 5. The summed E-state index contributed by atoms with van der Waals surface area (Å²) in [6, 6.07) is 0. The van der Waals surface area contributed by atoms with Gasteiger partial charge in [0.15, 0.2) is 0 Å². The van der Waals surface area contributed by atoms with Crippen molar-refractivity contribution >= 4 is 15.9 Å². The van der Waals surface area contributed by atoms with Crippen LogP contribution in [0.1, 0.15) is 0 Å². The predicted molar refractivity (Wildman–Crippen MR) is 76.5 cm³/mol. The number of rotatable bonds is 9. The number of nitrogens with one attached hydrogen (secondary N) is 1. The Bertz CT molecular complexity index is 368. The molecule has 0 spiro atoms. The molecule has 7 nitrogen and oxygen atoms in total. The van der Waals surface area contributed by atoms with E-state index in [1.54, 1.807) is 0 Å². The third-order valence-corrected chi connectivity index (χ3v) is 3.72. The van der Waals surface area contributed by atoms with Crippen LogP contribution in [-0.4, -0.2) is 95.6 Å². The van der Waals surface area contributed by atoms with E-state index in [9.17, 15) is 13.2 Å². The maximum atomic E-state index is 11.7. The van der Waals surface area contributed by atoms with Crippen LogP contribution in [-0.2, 0) is 14.8 Å². The van der Waals surface area contributed by atoms with Gasteiger partial charge >= 0.3 is 0 Å². The first-order valence-electron chi connectivity index (χ1n) is 6.14. The minimum absolute atomic E-state index is 0.125. The molecule has 19 heavy (non-hydrogen) atoms. The molecular formula is C11H26N4O3S. The smallest absolute Gasteiger partial charge is 0.235 e. The summed E-state index contributed by atoms with van der Waals surface area (Å²) in [5, 5.41) is 2.70. The number of nitrogens with zero attached hydrogens (tertiary/aromatic N) is 3. The third kappa shape index (κ3) is 9.83. The highest BCUT2D eigenvalue weighted by Crippen LogP contribution is 1.97. The molecule has 0 aliphatic rings. The van der Waals surface area contributed by atoms with Gasteiger partial charge in [-0.3, -0.25) is 4.79 Å². The van der Waals surface area contributed by atoms with Gasteiger partial charge in [-0.05, 0) is 28.2 Å². The van der Waals surface area contributed by atoms with E-state index >= 15 is 0 Å². The Kier molecular flexibility index (Phi) is 8.15. The van der Waals surface area contributed by atoms with Crippen molar-refractivity contribution in [3.63, 3.8) is 0 Å². The van der Waals surface area contributed by atoms with Crippen LogP contribution < -0.4 is 5.32 Å². The largest absolute Gasteiger partial charge is 0.354 e. The van der Waals surface area contributed by atoms with Gasteiger partial charge in [0.2, 0.25) is 15.9 Å². The number of likely N-dealkylation sites (N-methyl/N-ethyl adjacent to an activating group) is 2. The molecule has 0 heterocycles. The number of sulfonamides is 1. The van der Waals surface area contributed by atoms with Crippen LogP contribution in [0.3, 0.4) is 0 Å². The molecule has 0 atom stereocenters. The second kappa shape index (κ2) is 8.47. The Hall–Kier alpha value is -0.700.